The minimum Gasteiger partial charge on any atom is -0.207 e. The van der Waals surface area contributed by atoms with Crippen molar-refractivity contribution in [2.45, 2.75) is 32.1 Å². The highest BCUT2D eigenvalue weighted by Gasteiger charge is 2.91. The van der Waals surface area contributed by atoms with E-state index in [1.807, 2.05) is 0 Å². The van der Waals surface area contributed by atoms with Crippen molar-refractivity contribution in [1.29, 1.82) is 0 Å². The van der Waals surface area contributed by atoms with Crippen LogP contribution in [0, 0.1) is 34.2 Å². The summed E-state index contributed by atoms with van der Waals surface area (Å²) in [6.45, 7) is 4.08. The van der Waals surface area contributed by atoms with Gasteiger partial charge in [0, 0.05) is 23.1 Å². The van der Waals surface area contributed by atoms with Crippen molar-refractivity contribution >= 4 is 0 Å². The summed E-state index contributed by atoms with van der Waals surface area (Å²) in [6.07, 6.45) is 5.10. The molecule has 3 aliphatic rings. The lowest BCUT2D eigenvalue weighted by atomic mass is 9.91. The average molecular weight is 264 g/mol. The van der Waals surface area contributed by atoms with Crippen molar-refractivity contribution in [2.24, 2.45) is 16.7 Å². The molecule has 3 aliphatic carbocycles. The van der Waals surface area contributed by atoms with Gasteiger partial charge in [0.1, 0.15) is 17.5 Å². The van der Waals surface area contributed by atoms with E-state index in [2.05, 4.69) is 6.58 Å². The summed E-state index contributed by atoms with van der Waals surface area (Å²) >= 11 is 0. The number of fused-ring (bicyclic) bond motifs is 1. The molecule has 0 heterocycles. The van der Waals surface area contributed by atoms with Gasteiger partial charge in [-0.15, -0.1) is 0 Å². The van der Waals surface area contributed by atoms with Crippen LogP contribution in [0.4, 0.5) is 13.2 Å². The second kappa shape index (κ2) is 3.25. The fourth-order valence-electron chi connectivity index (χ4n) is 4.80. The van der Waals surface area contributed by atoms with Gasteiger partial charge in [-0.3, -0.25) is 0 Å². The third kappa shape index (κ3) is 1.22. The van der Waals surface area contributed by atoms with E-state index in [4.69, 9.17) is 0 Å². The zero-order valence-corrected chi connectivity index (χ0v) is 10.6. The smallest absolute Gasteiger partial charge is 0.132 e. The average Bonchev–Trinajstić information content (AvgIpc) is 3.09. The van der Waals surface area contributed by atoms with E-state index >= 15 is 0 Å². The maximum atomic E-state index is 13.7. The third-order valence-corrected chi connectivity index (χ3v) is 5.78. The van der Waals surface area contributed by atoms with Crippen molar-refractivity contribution in [1.82, 2.24) is 0 Å². The van der Waals surface area contributed by atoms with Gasteiger partial charge in [0.15, 0.2) is 0 Å². The Balaban J connectivity index is 1.59. The van der Waals surface area contributed by atoms with Gasteiger partial charge in [-0.25, -0.2) is 13.2 Å². The van der Waals surface area contributed by atoms with Gasteiger partial charge in [0.25, 0.3) is 0 Å². The van der Waals surface area contributed by atoms with E-state index in [9.17, 15) is 13.2 Å². The van der Waals surface area contributed by atoms with Crippen molar-refractivity contribution in [3.8, 4) is 0 Å². The standard InChI is InChI=1S/C16H15F3/c1-9(16-8-15(16)4-2-3-14(15)16)5-11-12(18)6-10(17)7-13(11)19/h6-7,14H,1-5,8H2. The van der Waals surface area contributed by atoms with Crippen LogP contribution in [-0.4, -0.2) is 0 Å². The van der Waals surface area contributed by atoms with Crippen LogP contribution in [0.5, 0.6) is 0 Å². The minimum absolute atomic E-state index is 0.0344. The van der Waals surface area contributed by atoms with Crippen LogP contribution in [-0.2, 0) is 6.42 Å². The van der Waals surface area contributed by atoms with Gasteiger partial charge in [-0.1, -0.05) is 18.6 Å². The first-order chi connectivity index (χ1) is 9.01. The van der Waals surface area contributed by atoms with E-state index in [1.54, 1.807) is 0 Å². The number of hydrogen-bond acceptors (Lipinski definition) is 0. The molecule has 4 rings (SSSR count). The van der Waals surface area contributed by atoms with Gasteiger partial charge in [0.05, 0.1) is 0 Å². The van der Waals surface area contributed by atoms with Crippen LogP contribution in [0.2, 0.25) is 0 Å². The van der Waals surface area contributed by atoms with Crippen LogP contribution in [0.25, 0.3) is 0 Å². The molecule has 0 saturated heterocycles. The van der Waals surface area contributed by atoms with E-state index < -0.39 is 17.5 Å². The molecule has 100 valence electrons. The Morgan fingerprint density at radius 1 is 1.26 bits per heavy atom. The maximum Gasteiger partial charge on any atom is 0.132 e. The molecule has 0 N–H and O–H groups in total. The first kappa shape index (κ1) is 11.6. The molecule has 0 radical (unpaired) electrons. The quantitative estimate of drug-likeness (QED) is 0.710. The molecule has 1 spiro atoms. The fraction of sp³-hybridized carbons (Fsp3) is 0.500. The minimum atomic E-state index is -0.867. The summed E-state index contributed by atoms with van der Waals surface area (Å²) in [7, 11) is 0. The summed E-state index contributed by atoms with van der Waals surface area (Å²) in [6, 6.07) is 1.50. The lowest BCUT2D eigenvalue weighted by molar-refractivity contribution is 0.500. The molecule has 0 nitrogen and oxygen atoms in total. The van der Waals surface area contributed by atoms with Crippen molar-refractivity contribution in [3.63, 3.8) is 0 Å². The van der Waals surface area contributed by atoms with Gasteiger partial charge in [-0.05, 0) is 37.0 Å². The Morgan fingerprint density at radius 2 is 1.95 bits per heavy atom. The Kier molecular flexibility index (Phi) is 1.98. The van der Waals surface area contributed by atoms with E-state index in [0.29, 0.717) is 11.3 Å². The fourth-order valence-corrected chi connectivity index (χ4v) is 4.80. The first-order valence-electron chi connectivity index (χ1n) is 6.83. The molecular weight excluding hydrogens is 249 g/mol. The lowest BCUT2D eigenvalue weighted by Crippen LogP contribution is -2.06. The van der Waals surface area contributed by atoms with Crippen molar-refractivity contribution in [2.75, 3.05) is 0 Å². The molecule has 1 aromatic rings. The highest BCUT2D eigenvalue weighted by Crippen LogP contribution is 2.97. The number of rotatable bonds is 3. The molecule has 1 aromatic carbocycles. The third-order valence-electron chi connectivity index (χ3n) is 5.78. The largest absolute Gasteiger partial charge is 0.207 e. The van der Waals surface area contributed by atoms with E-state index in [0.717, 1.165) is 24.1 Å². The number of hydrogen-bond donors (Lipinski definition) is 0. The number of halogens is 3. The van der Waals surface area contributed by atoms with Gasteiger partial charge < -0.3 is 0 Å². The molecule has 19 heavy (non-hydrogen) atoms. The Hall–Kier alpha value is -1.25. The molecule has 0 aliphatic heterocycles. The Labute approximate surface area is 110 Å². The van der Waals surface area contributed by atoms with Gasteiger partial charge in [-0.2, -0.15) is 0 Å². The van der Waals surface area contributed by atoms with Crippen molar-refractivity contribution in [3.05, 3.63) is 47.3 Å². The molecule has 0 bridgehead atoms. The molecule has 3 unspecified atom stereocenters. The monoisotopic (exact) mass is 264 g/mol. The molecule has 3 heteroatoms. The molecule has 0 aromatic heterocycles. The SMILES string of the molecule is C=C(Cc1c(F)cc(F)cc1F)C12CC13CCCC32. The molecular formula is C16H15F3. The molecule has 3 fully saturated rings. The van der Waals surface area contributed by atoms with Crippen LogP contribution in [0.15, 0.2) is 24.3 Å². The number of benzene rings is 1. The Morgan fingerprint density at radius 3 is 2.53 bits per heavy atom. The zero-order chi connectivity index (χ0) is 13.4. The Bertz CT molecular complexity index is 583. The normalized spacial score (nSPS) is 37.7. The topological polar surface area (TPSA) is 0 Å². The lowest BCUT2D eigenvalue weighted by Gasteiger charge is -2.14. The predicted molar refractivity (Wildman–Crippen MR) is 66.0 cm³/mol. The summed E-state index contributed by atoms with van der Waals surface area (Å²) in [5, 5.41) is 0. The van der Waals surface area contributed by atoms with Crippen LogP contribution < -0.4 is 0 Å². The predicted octanol–water partition coefficient (Wildman–Crippen LogP) is 4.39. The zero-order valence-electron chi connectivity index (χ0n) is 10.6. The highest BCUT2D eigenvalue weighted by molar-refractivity contribution is 5.50. The maximum absolute atomic E-state index is 13.7. The summed E-state index contributed by atoms with van der Waals surface area (Å²) in [4.78, 5) is 0. The summed E-state index contributed by atoms with van der Waals surface area (Å²) < 4.78 is 40.2. The van der Waals surface area contributed by atoms with Crippen LogP contribution >= 0.6 is 0 Å². The van der Waals surface area contributed by atoms with Crippen molar-refractivity contribution < 1.29 is 13.2 Å². The molecule has 3 atom stereocenters. The second-order valence-corrected chi connectivity index (χ2v) is 6.38. The van der Waals surface area contributed by atoms with Gasteiger partial charge in [0.2, 0.25) is 0 Å². The first-order valence-corrected chi connectivity index (χ1v) is 6.83. The van der Waals surface area contributed by atoms with Gasteiger partial charge >= 0.3 is 0 Å². The summed E-state index contributed by atoms with van der Waals surface area (Å²) in [5.41, 5.74) is 1.53. The highest BCUT2D eigenvalue weighted by atomic mass is 19.1. The second-order valence-electron chi connectivity index (χ2n) is 6.38. The molecule has 3 saturated carbocycles. The van der Waals surface area contributed by atoms with E-state index in [1.165, 1.54) is 19.3 Å². The molecule has 0 amide bonds. The van der Waals surface area contributed by atoms with Crippen LogP contribution in [0.3, 0.4) is 0 Å². The summed E-state index contributed by atoms with van der Waals surface area (Å²) in [5.74, 6) is -1.75. The number of allylic oxidation sites excluding steroid dienone is 1. The van der Waals surface area contributed by atoms with Crippen LogP contribution in [0.1, 0.15) is 31.2 Å². The van der Waals surface area contributed by atoms with E-state index in [-0.39, 0.29) is 17.4 Å².